The van der Waals surface area contributed by atoms with E-state index in [1.54, 1.807) is 11.3 Å². The summed E-state index contributed by atoms with van der Waals surface area (Å²) >= 11 is 1.76. The number of rotatable bonds is 3. The Morgan fingerprint density at radius 2 is 2.05 bits per heavy atom. The number of fused-ring (bicyclic) bond motifs is 1. The van der Waals surface area contributed by atoms with Gasteiger partial charge in [0.05, 0.1) is 22.3 Å². The van der Waals surface area contributed by atoms with Crippen LogP contribution >= 0.6 is 11.3 Å². The van der Waals surface area contributed by atoms with E-state index in [1.165, 1.54) is 4.88 Å². The van der Waals surface area contributed by atoms with Gasteiger partial charge in [-0.2, -0.15) is 0 Å². The third-order valence-electron chi connectivity index (χ3n) is 3.32. The molecule has 0 aliphatic heterocycles. The summed E-state index contributed by atoms with van der Waals surface area (Å²) in [5, 5.41) is 5.82. The lowest BCUT2D eigenvalue weighted by molar-refractivity contribution is 0.890. The Labute approximate surface area is 122 Å². The minimum Gasteiger partial charge on any atom is -0.378 e. The lowest BCUT2D eigenvalue weighted by atomic mass is 10.1. The second-order valence-electron chi connectivity index (χ2n) is 4.96. The Morgan fingerprint density at radius 3 is 2.80 bits per heavy atom. The first-order chi connectivity index (χ1) is 9.63. The van der Waals surface area contributed by atoms with Gasteiger partial charge in [0.15, 0.2) is 0 Å². The van der Waals surface area contributed by atoms with Crippen LogP contribution in [0.4, 0.5) is 5.69 Å². The molecule has 3 nitrogen and oxygen atoms in total. The SMILES string of the molecule is Cc1nc(C)c(C(C)Nc2ccc3ncccc3c2)s1. The highest BCUT2D eigenvalue weighted by atomic mass is 32.1. The smallest absolute Gasteiger partial charge is 0.0900 e. The number of nitrogens with zero attached hydrogens (tertiary/aromatic N) is 2. The molecule has 102 valence electrons. The fraction of sp³-hybridized carbons (Fsp3) is 0.250. The first kappa shape index (κ1) is 13.1. The van der Waals surface area contributed by atoms with E-state index in [9.17, 15) is 0 Å². The maximum atomic E-state index is 4.49. The molecule has 1 atom stereocenters. The van der Waals surface area contributed by atoms with Gasteiger partial charge in [0.25, 0.3) is 0 Å². The van der Waals surface area contributed by atoms with Crippen molar-refractivity contribution >= 4 is 27.9 Å². The zero-order valence-electron chi connectivity index (χ0n) is 11.8. The summed E-state index contributed by atoms with van der Waals surface area (Å²) < 4.78 is 0. The summed E-state index contributed by atoms with van der Waals surface area (Å²) in [4.78, 5) is 10.1. The van der Waals surface area contributed by atoms with Crippen molar-refractivity contribution in [2.45, 2.75) is 26.8 Å². The van der Waals surface area contributed by atoms with Gasteiger partial charge >= 0.3 is 0 Å². The molecule has 0 fully saturated rings. The highest BCUT2D eigenvalue weighted by Gasteiger charge is 2.12. The van der Waals surface area contributed by atoms with E-state index >= 15 is 0 Å². The molecular formula is C16H17N3S. The highest BCUT2D eigenvalue weighted by molar-refractivity contribution is 7.11. The van der Waals surface area contributed by atoms with Crippen LogP contribution in [-0.2, 0) is 0 Å². The molecule has 0 aliphatic rings. The summed E-state index contributed by atoms with van der Waals surface area (Å²) in [6.45, 7) is 6.30. The Hall–Kier alpha value is -1.94. The van der Waals surface area contributed by atoms with Gasteiger partial charge in [0.2, 0.25) is 0 Å². The second-order valence-corrected chi connectivity index (χ2v) is 6.19. The predicted octanol–water partition coefficient (Wildman–Crippen LogP) is 4.48. The number of benzene rings is 1. The topological polar surface area (TPSA) is 37.8 Å². The average molecular weight is 283 g/mol. The quantitative estimate of drug-likeness (QED) is 0.770. The summed E-state index contributed by atoms with van der Waals surface area (Å²) in [5.41, 5.74) is 3.26. The van der Waals surface area contributed by atoms with Crippen LogP contribution in [0.15, 0.2) is 36.5 Å². The van der Waals surface area contributed by atoms with Crippen LogP contribution in [0.25, 0.3) is 10.9 Å². The molecule has 0 radical (unpaired) electrons. The number of anilines is 1. The van der Waals surface area contributed by atoms with Gasteiger partial charge in [0, 0.05) is 22.1 Å². The predicted molar refractivity (Wildman–Crippen MR) is 85.4 cm³/mol. The Bertz CT molecular complexity index is 748. The maximum Gasteiger partial charge on any atom is 0.0900 e. The molecule has 0 saturated heterocycles. The van der Waals surface area contributed by atoms with Gasteiger partial charge in [-0.3, -0.25) is 4.98 Å². The van der Waals surface area contributed by atoms with Crippen LogP contribution in [-0.4, -0.2) is 9.97 Å². The van der Waals surface area contributed by atoms with Crippen molar-refractivity contribution in [2.75, 3.05) is 5.32 Å². The van der Waals surface area contributed by atoms with E-state index in [-0.39, 0.29) is 6.04 Å². The number of nitrogens with one attached hydrogen (secondary N) is 1. The Kier molecular flexibility index (Phi) is 3.40. The van der Waals surface area contributed by atoms with Gasteiger partial charge < -0.3 is 5.32 Å². The normalized spacial score (nSPS) is 12.6. The van der Waals surface area contributed by atoms with Gasteiger partial charge in [-0.05, 0) is 45.0 Å². The molecule has 0 spiro atoms. The summed E-state index contributed by atoms with van der Waals surface area (Å²) in [6.07, 6.45) is 1.82. The fourth-order valence-electron chi connectivity index (χ4n) is 2.43. The van der Waals surface area contributed by atoms with Crippen molar-refractivity contribution in [3.05, 3.63) is 52.1 Å². The first-order valence-corrected chi connectivity index (χ1v) is 7.50. The molecule has 4 heteroatoms. The standard InChI is InChI=1S/C16H17N3S/c1-10-16(20-12(3)18-10)11(2)19-14-6-7-15-13(9-14)5-4-8-17-15/h4-9,11,19H,1-3H3. The van der Waals surface area contributed by atoms with E-state index in [0.717, 1.165) is 27.3 Å². The summed E-state index contributed by atoms with van der Waals surface area (Å²) in [7, 11) is 0. The lowest BCUT2D eigenvalue weighted by Crippen LogP contribution is -2.06. The Morgan fingerprint density at radius 1 is 1.20 bits per heavy atom. The summed E-state index contributed by atoms with van der Waals surface area (Å²) in [5.74, 6) is 0. The van der Waals surface area contributed by atoms with Crippen LogP contribution in [0.2, 0.25) is 0 Å². The van der Waals surface area contributed by atoms with Crippen LogP contribution in [0.1, 0.15) is 28.5 Å². The van der Waals surface area contributed by atoms with Gasteiger partial charge in [-0.1, -0.05) is 6.07 Å². The number of hydrogen-bond donors (Lipinski definition) is 1. The van der Waals surface area contributed by atoms with Crippen molar-refractivity contribution < 1.29 is 0 Å². The summed E-state index contributed by atoms with van der Waals surface area (Å²) in [6, 6.07) is 10.6. The number of aryl methyl sites for hydroxylation is 2. The minimum absolute atomic E-state index is 0.260. The second kappa shape index (κ2) is 5.21. The third kappa shape index (κ3) is 2.51. The van der Waals surface area contributed by atoms with E-state index in [1.807, 2.05) is 12.3 Å². The van der Waals surface area contributed by atoms with Gasteiger partial charge in [-0.15, -0.1) is 11.3 Å². The molecule has 2 heterocycles. The lowest BCUT2D eigenvalue weighted by Gasteiger charge is -2.14. The zero-order chi connectivity index (χ0) is 14.1. The Balaban J connectivity index is 1.87. The number of aromatic nitrogens is 2. The van der Waals surface area contributed by atoms with E-state index in [0.29, 0.717) is 0 Å². The molecule has 3 rings (SSSR count). The van der Waals surface area contributed by atoms with Crippen molar-refractivity contribution in [3.63, 3.8) is 0 Å². The molecule has 0 amide bonds. The molecule has 1 aromatic carbocycles. The number of hydrogen-bond acceptors (Lipinski definition) is 4. The van der Waals surface area contributed by atoms with Crippen molar-refractivity contribution in [2.24, 2.45) is 0 Å². The molecular weight excluding hydrogens is 266 g/mol. The largest absolute Gasteiger partial charge is 0.378 e. The molecule has 0 saturated carbocycles. The average Bonchev–Trinajstić information content (AvgIpc) is 2.78. The molecule has 2 aromatic heterocycles. The molecule has 1 unspecified atom stereocenters. The van der Waals surface area contributed by atoms with Crippen molar-refractivity contribution in [1.29, 1.82) is 0 Å². The zero-order valence-corrected chi connectivity index (χ0v) is 12.7. The van der Waals surface area contributed by atoms with Gasteiger partial charge in [0.1, 0.15) is 0 Å². The maximum absolute atomic E-state index is 4.49. The van der Waals surface area contributed by atoms with Crippen LogP contribution in [0.3, 0.4) is 0 Å². The number of thiazole rings is 1. The van der Waals surface area contributed by atoms with Crippen LogP contribution in [0.5, 0.6) is 0 Å². The number of pyridine rings is 1. The molecule has 20 heavy (non-hydrogen) atoms. The van der Waals surface area contributed by atoms with Gasteiger partial charge in [-0.25, -0.2) is 4.98 Å². The van der Waals surface area contributed by atoms with E-state index in [4.69, 9.17) is 0 Å². The van der Waals surface area contributed by atoms with E-state index in [2.05, 4.69) is 60.3 Å². The van der Waals surface area contributed by atoms with Crippen molar-refractivity contribution in [1.82, 2.24) is 9.97 Å². The minimum atomic E-state index is 0.260. The molecule has 3 aromatic rings. The van der Waals surface area contributed by atoms with Crippen LogP contribution < -0.4 is 5.32 Å². The molecule has 0 bridgehead atoms. The molecule has 0 aliphatic carbocycles. The molecule has 1 N–H and O–H groups in total. The third-order valence-corrected chi connectivity index (χ3v) is 4.57. The highest BCUT2D eigenvalue weighted by Crippen LogP contribution is 2.28. The van der Waals surface area contributed by atoms with E-state index < -0.39 is 0 Å². The first-order valence-electron chi connectivity index (χ1n) is 6.69. The fourth-order valence-corrected chi connectivity index (χ4v) is 3.36. The van der Waals surface area contributed by atoms with Crippen LogP contribution in [0, 0.1) is 13.8 Å². The van der Waals surface area contributed by atoms with Crippen molar-refractivity contribution in [3.8, 4) is 0 Å². The monoisotopic (exact) mass is 283 g/mol.